The maximum Gasteiger partial charge on any atom is 0.460 e. The standard InChI is InChI=1S/C30H21F17/c1-2-3-4-5-8-19-11-13-20(14-12-19)9-6-7-10-21-15-17-22(18-16-21)23(31,32)24(33,34)25(35,36)26(37,38)27(39,40)28(41,42)29(43,44)30(45,46)47/h11-18H,2-5,8H2,1H3. The Hall–Kier alpha value is -3.63. The number of alkyl halides is 17. The van der Waals surface area contributed by atoms with Gasteiger partial charge in [0.2, 0.25) is 0 Å². The maximum absolute atomic E-state index is 14.4. The van der Waals surface area contributed by atoms with Crippen molar-refractivity contribution in [2.75, 3.05) is 0 Å². The van der Waals surface area contributed by atoms with E-state index in [1.807, 2.05) is 12.1 Å². The molecule has 0 spiro atoms. The van der Waals surface area contributed by atoms with E-state index in [1.54, 1.807) is 12.1 Å². The minimum absolute atomic E-state index is 0.122. The third-order valence-electron chi connectivity index (χ3n) is 6.72. The van der Waals surface area contributed by atoms with Crippen LogP contribution in [0.5, 0.6) is 0 Å². The Morgan fingerprint density at radius 2 is 0.830 bits per heavy atom. The zero-order valence-electron chi connectivity index (χ0n) is 23.6. The van der Waals surface area contributed by atoms with Gasteiger partial charge in [0, 0.05) is 16.7 Å². The summed E-state index contributed by atoms with van der Waals surface area (Å²) in [6.45, 7) is 2.07. The topological polar surface area (TPSA) is 0 Å². The third kappa shape index (κ3) is 7.14. The largest absolute Gasteiger partial charge is 0.460 e. The fourth-order valence-corrected chi connectivity index (χ4v) is 3.83. The number of halogens is 17. The monoisotopic (exact) mass is 704 g/mol. The average molecular weight is 704 g/mol. The summed E-state index contributed by atoms with van der Waals surface area (Å²) in [5.41, 5.74) is -1.06. The molecule has 0 radical (unpaired) electrons. The van der Waals surface area contributed by atoms with E-state index >= 15 is 0 Å². The van der Waals surface area contributed by atoms with Crippen molar-refractivity contribution < 1.29 is 74.6 Å². The molecule has 0 saturated carbocycles. The second kappa shape index (κ2) is 13.5. The van der Waals surface area contributed by atoms with E-state index in [2.05, 4.69) is 30.6 Å². The number of unbranched alkanes of at least 4 members (excludes halogenated alkanes) is 3. The maximum atomic E-state index is 14.4. The van der Waals surface area contributed by atoms with Crippen LogP contribution in [-0.4, -0.2) is 41.7 Å². The van der Waals surface area contributed by atoms with E-state index in [4.69, 9.17) is 0 Å². The van der Waals surface area contributed by atoms with Crippen LogP contribution in [0.4, 0.5) is 74.6 Å². The van der Waals surface area contributed by atoms with Crippen LogP contribution >= 0.6 is 0 Å². The molecule has 0 heterocycles. The zero-order chi connectivity index (χ0) is 36.3. The molecule has 0 aliphatic rings. The van der Waals surface area contributed by atoms with Crippen molar-refractivity contribution in [1.82, 2.24) is 0 Å². The Kier molecular flexibility index (Phi) is 11.3. The quantitative estimate of drug-likeness (QED) is 0.117. The van der Waals surface area contributed by atoms with Gasteiger partial charge < -0.3 is 0 Å². The van der Waals surface area contributed by atoms with E-state index in [0.717, 1.165) is 37.7 Å². The lowest BCUT2D eigenvalue weighted by molar-refractivity contribution is -0.462. The summed E-state index contributed by atoms with van der Waals surface area (Å²) in [5, 5.41) is 0. The number of hydrogen-bond acceptors (Lipinski definition) is 0. The zero-order valence-corrected chi connectivity index (χ0v) is 23.6. The SMILES string of the molecule is CCCCCCc1ccc(C#CC#Cc2ccc(C(F)(F)C(F)(F)C(F)(F)C(F)(F)C(F)(F)C(F)(F)C(F)(F)C(F)(F)F)cc2)cc1. The minimum atomic E-state index is -8.67. The van der Waals surface area contributed by atoms with Crippen LogP contribution in [0.25, 0.3) is 0 Å². The van der Waals surface area contributed by atoms with Crippen LogP contribution in [0.15, 0.2) is 48.5 Å². The van der Waals surface area contributed by atoms with E-state index in [-0.39, 0.29) is 17.7 Å². The van der Waals surface area contributed by atoms with Crippen molar-refractivity contribution >= 4 is 0 Å². The molecule has 0 N–H and O–H groups in total. The highest BCUT2D eigenvalue weighted by atomic mass is 19.4. The van der Waals surface area contributed by atoms with E-state index < -0.39 is 53.2 Å². The summed E-state index contributed by atoms with van der Waals surface area (Å²) in [5.74, 6) is -47.4. The van der Waals surface area contributed by atoms with E-state index in [0.29, 0.717) is 17.7 Å². The Balaban J connectivity index is 2.31. The molecule has 47 heavy (non-hydrogen) atoms. The fourth-order valence-electron chi connectivity index (χ4n) is 3.83. The summed E-state index contributed by atoms with van der Waals surface area (Å²) in [7, 11) is 0. The molecule has 0 nitrogen and oxygen atoms in total. The van der Waals surface area contributed by atoms with Gasteiger partial charge in [-0.1, -0.05) is 62.3 Å². The van der Waals surface area contributed by atoms with Crippen LogP contribution in [0.2, 0.25) is 0 Å². The van der Waals surface area contributed by atoms with Crippen molar-refractivity contribution in [3.8, 4) is 23.7 Å². The first kappa shape index (κ1) is 39.5. The van der Waals surface area contributed by atoms with Gasteiger partial charge in [-0.05, 0) is 54.5 Å². The summed E-state index contributed by atoms with van der Waals surface area (Å²) in [6.07, 6.45) is -2.73. The predicted molar refractivity (Wildman–Crippen MR) is 134 cm³/mol. The van der Waals surface area contributed by atoms with Gasteiger partial charge in [-0.2, -0.15) is 74.6 Å². The highest BCUT2D eigenvalue weighted by Gasteiger charge is 2.95. The normalized spacial score (nSPS) is 13.8. The van der Waals surface area contributed by atoms with E-state index in [9.17, 15) is 74.6 Å². The molecule has 0 fully saturated rings. The number of hydrogen-bond donors (Lipinski definition) is 0. The van der Waals surface area contributed by atoms with Gasteiger partial charge in [-0.25, -0.2) is 0 Å². The molecule has 0 atom stereocenters. The Morgan fingerprint density at radius 3 is 1.23 bits per heavy atom. The van der Waals surface area contributed by atoms with E-state index in [1.165, 1.54) is 0 Å². The molecule has 260 valence electrons. The highest BCUT2D eigenvalue weighted by molar-refractivity contribution is 5.45. The molecule has 2 aromatic carbocycles. The number of benzene rings is 2. The van der Waals surface area contributed by atoms with Gasteiger partial charge >= 0.3 is 47.6 Å². The molecule has 2 aromatic rings. The van der Waals surface area contributed by atoms with Crippen LogP contribution < -0.4 is 0 Å². The number of aryl methyl sites for hydroxylation is 1. The molecule has 0 unspecified atom stereocenters. The molecular formula is C30H21F17. The first-order valence-corrected chi connectivity index (χ1v) is 13.2. The Labute approximate surface area is 256 Å². The molecule has 0 saturated heterocycles. The van der Waals surface area contributed by atoms with Crippen LogP contribution in [0.1, 0.15) is 54.9 Å². The van der Waals surface area contributed by atoms with Gasteiger partial charge in [-0.3, -0.25) is 0 Å². The highest BCUT2D eigenvalue weighted by Crippen LogP contribution is 2.65. The first-order chi connectivity index (χ1) is 21.2. The van der Waals surface area contributed by atoms with Gasteiger partial charge in [0.15, 0.2) is 0 Å². The summed E-state index contributed by atoms with van der Waals surface area (Å²) >= 11 is 0. The van der Waals surface area contributed by atoms with Crippen LogP contribution in [0, 0.1) is 23.7 Å². The van der Waals surface area contributed by atoms with Crippen molar-refractivity contribution in [3.63, 3.8) is 0 Å². The number of rotatable bonds is 12. The Bertz CT molecular complexity index is 1480. The molecule has 0 aliphatic carbocycles. The lowest BCUT2D eigenvalue weighted by Gasteiger charge is -2.42. The van der Waals surface area contributed by atoms with Crippen molar-refractivity contribution in [3.05, 3.63) is 70.8 Å². The smallest absolute Gasteiger partial charge is 0.194 e. The summed E-state index contributed by atoms with van der Waals surface area (Å²) in [4.78, 5) is 0. The van der Waals surface area contributed by atoms with Crippen molar-refractivity contribution in [2.24, 2.45) is 0 Å². The van der Waals surface area contributed by atoms with Crippen LogP contribution in [0.3, 0.4) is 0 Å². The second-order valence-electron chi connectivity index (χ2n) is 10.1. The third-order valence-corrected chi connectivity index (χ3v) is 6.72. The summed E-state index contributed by atoms with van der Waals surface area (Å²) in [6, 6.07) is 7.63. The van der Waals surface area contributed by atoms with Gasteiger partial charge in [-0.15, -0.1) is 0 Å². The molecule has 17 heteroatoms. The van der Waals surface area contributed by atoms with Crippen molar-refractivity contribution in [1.29, 1.82) is 0 Å². The second-order valence-corrected chi connectivity index (χ2v) is 10.1. The summed E-state index contributed by atoms with van der Waals surface area (Å²) < 4.78 is 230. The van der Waals surface area contributed by atoms with Gasteiger partial charge in [0.25, 0.3) is 0 Å². The fraction of sp³-hybridized carbons (Fsp3) is 0.467. The first-order valence-electron chi connectivity index (χ1n) is 13.2. The lowest BCUT2D eigenvalue weighted by Crippen LogP contribution is -2.74. The van der Waals surface area contributed by atoms with Crippen molar-refractivity contribution in [2.45, 2.75) is 86.7 Å². The minimum Gasteiger partial charge on any atom is -0.194 e. The molecule has 0 amide bonds. The average Bonchev–Trinajstić information content (AvgIpc) is 2.97. The van der Waals surface area contributed by atoms with Gasteiger partial charge in [0.05, 0.1) is 0 Å². The Morgan fingerprint density at radius 1 is 0.447 bits per heavy atom. The lowest BCUT2D eigenvalue weighted by atomic mass is 9.87. The molecule has 0 aliphatic heterocycles. The molecule has 0 bridgehead atoms. The molecule has 0 aromatic heterocycles. The van der Waals surface area contributed by atoms with Crippen LogP contribution in [-0.2, 0) is 12.3 Å². The molecular weight excluding hydrogens is 683 g/mol. The molecule has 2 rings (SSSR count). The predicted octanol–water partition coefficient (Wildman–Crippen LogP) is 10.7. The van der Waals surface area contributed by atoms with Gasteiger partial charge in [0.1, 0.15) is 0 Å².